The van der Waals surface area contributed by atoms with Gasteiger partial charge in [-0.15, -0.1) is 0 Å². The standard InChI is InChI=1S/C16H23ClN4/c1-11(2)21-16(14(17)10-19-21)15(18-3)12-6-8-13(9-7-12)20(4)5/h6-11,15,18H,1-5H3. The predicted octanol–water partition coefficient (Wildman–Crippen LogP) is 3.49. The van der Waals surface area contributed by atoms with Gasteiger partial charge in [0.1, 0.15) is 0 Å². The maximum atomic E-state index is 6.36. The monoisotopic (exact) mass is 306 g/mol. The molecule has 0 saturated carbocycles. The summed E-state index contributed by atoms with van der Waals surface area (Å²) in [5.41, 5.74) is 3.36. The molecule has 0 bridgehead atoms. The van der Waals surface area contributed by atoms with Gasteiger partial charge in [0.05, 0.1) is 23.0 Å². The molecule has 0 aliphatic heterocycles. The van der Waals surface area contributed by atoms with E-state index >= 15 is 0 Å². The van der Waals surface area contributed by atoms with Crippen LogP contribution in [0.1, 0.15) is 37.2 Å². The number of rotatable bonds is 5. The normalized spacial score (nSPS) is 12.7. The summed E-state index contributed by atoms with van der Waals surface area (Å²) in [4.78, 5) is 2.09. The molecule has 2 aromatic rings. The lowest BCUT2D eigenvalue weighted by molar-refractivity contribution is 0.484. The average Bonchev–Trinajstić information content (AvgIpc) is 2.83. The van der Waals surface area contributed by atoms with Crippen molar-refractivity contribution in [3.05, 3.63) is 46.7 Å². The first kappa shape index (κ1) is 15.9. The quantitative estimate of drug-likeness (QED) is 0.918. The van der Waals surface area contributed by atoms with Crippen LogP contribution in [-0.4, -0.2) is 30.9 Å². The lowest BCUT2D eigenvalue weighted by Crippen LogP contribution is -2.23. The second-order valence-electron chi connectivity index (χ2n) is 5.62. The Hall–Kier alpha value is -1.52. The van der Waals surface area contributed by atoms with Gasteiger partial charge < -0.3 is 10.2 Å². The topological polar surface area (TPSA) is 33.1 Å². The zero-order valence-electron chi connectivity index (χ0n) is 13.3. The molecule has 1 N–H and O–H groups in total. The molecule has 0 spiro atoms. The number of anilines is 1. The number of halogens is 1. The second-order valence-corrected chi connectivity index (χ2v) is 6.03. The third-order valence-electron chi connectivity index (χ3n) is 3.58. The van der Waals surface area contributed by atoms with Gasteiger partial charge in [-0.1, -0.05) is 23.7 Å². The third kappa shape index (κ3) is 3.22. The molecular weight excluding hydrogens is 284 g/mol. The molecule has 5 heteroatoms. The summed E-state index contributed by atoms with van der Waals surface area (Å²) in [7, 11) is 6.02. The maximum Gasteiger partial charge on any atom is 0.0837 e. The SMILES string of the molecule is CNC(c1ccc(N(C)C)cc1)c1c(Cl)cnn1C(C)C. The molecule has 1 atom stereocenters. The lowest BCUT2D eigenvalue weighted by Gasteiger charge is -2.22. The molecule has 1 aromatic heterocycles. The van der Waals surface area contributed by atoms with E-state index in [1.165, 1.54) is 11.3 Å². The molecule has 2 rings (SSSR count). The van der Waals surface area contributed by atoms with Crippen molar-refractivity contribution < 1.29 is 0 Å². The van der Waals surface area contributed by atoms with E-state index in [9.17, 15) is 0 Å². The number of aromatic nitrogens is 2. The largest absolute Gasteiger partial charge is 0.378 e. The average molecular weight is 307 g/mol. The fourth-order valence-corrected chi connectivity index (χ4v) is 2.70. The highest BCUT2D eigenvalue weighted by atomic mass is 35.5. The summed E-state index contributed by atoms with van der Waals surface area (Å²) >= 11 is 6.36. The van der Waals surface area contributed by atoms with Crippen LogP contribution in [0.3, 0.4) is 0 Å². The maximum absolute atomic E-state index is 6.36. The molecule has 0 aliphatic carbocycles. The van der Waals surface area contributed by atoms with E-state index in [0.29, 0.717) is 5.02 Å². The van der Waals surface area contributed by atoms with E-state index in [-0.39, 0.29) is 12.1 Å². The summed E-state index contributed by atoms with van der Waals surface area (Å²) in [6.07, 6.45) is 1.72. The highest BCUT2D eigenvalue weighted by molar-refractivity contribution is 6.31. The molecule has 0 saturated heterocycles. The lowest BCUT2D eigenvalue weighted by atomic mass is 10.0. The molecule has 0 amide bonds. The number of nitrogens with one attached hydrogen (secondary N) is 1. The zero-order valence-corrected chi connectivity index (χ0v) is 14.0. The van der Waals surface area contributed by atoms with Crippen LogP contribution in [-0.2, 0) is 0 Å². The van der Waals surface area contributed by atoms with Gasteiger partial charge >= 0.3 is 0 Å². The molecule has 1 heterocycles. The van der Waals surface area contributed by atoms with Crippen LogP contribution in [0.2, 0.25) is 5.02 Å². The van der Waals surface area contributed by atoms with E-state index in [4.69, 9.17) is 11.6 Å². The summed E-state index contributed by atoms with van der Waals surface area (Å²) < 4.78 is 1.98. The van der Waals surface area contributed by atoms with Gasteiger partial charge in [0.2, 0.25) is 0 Å². The van der Waals surface area contributed by atoms with Crippen molar-refractivity contribution in [3.8, 4) is 0 Å². The molecular formula is C16H23ClN4. The molecule has 1 aromatic carbocycles. The Labute approximate surface area is 131 Å². The van der Waals surface area contributed by atoms with Crippen molar-refractivity contribution >= 4 is 17.3 Å². The van der Waals surface area contributed by atoms with E-state index in [1.54, 1.807) is 6.20 Å². The Bertz CT molecular complexity index is 587. The van der Waals surface area contributed by atoms with Crippen molar-refractivity contribution in [1.29, 1.82) is 0 Å². The van der Waals surface area contributed by atoms with E-state index in [0.717, 1.165) is 5.69 Å². The van der Waals surface area contributed by atoms with Gasteiger partial charge in [0.15, 0.2) is 0 Å². The Morgan fingerprint density at radius 1 is 1.19 bits per heavy atom. The first-order chi connectivity index (χ1) is 9.95. The van der Waals surface area contributed by atoms with E-state index in [2.05, 4.69) is 53.4 Å². The second kappa shape index (κ2) is 6.50. The highest BCUT2D eigenvalue weighted by Gasteiger charge is 2.22. The van der Waals surface area contributed by atoms with Gasteiger partial charge in [-0.05, 0) is 38.6 Å². The molecule has 0 fully saturated rings. The Morgan fingerprint density at radius 3 is 2.29 bits per heavy atom. The van der Waals surface area contributed by atoms with Gasteiger partial charge in [-0.2, -0.15) is 5.10 Å². The van der Waals surface area contributed by atoms with Gasteiger partial charge in [0.25, 0.3) is 0 Å². The van der Waals surface area contributed by atoms with Gasteiger partial charge in [0, 0.05) is 25.8 Å². The minimum Gasteiger partial charge on any atom is -0.378 e. The Balaban J connectivity index is 2.42. The third-order valence-corrected chi connectivity index (χ3v) is 3.87. The van der Waals surface area contributed by atoms with Crippen LogP contribution in [0.15, 0.2) is 30.5 Å². The summed E-state index contributed by atoms with van der Waals surface area (Å²) in [6.45, 7) is 4.21. The molecule has 114 valence electrons. The predicted molar refractivity (Wildman–Crippen MR) is 89.3 cm³/mol. The van der Waals surface area contributed by atoms with Crippen molar-refractivity contribution in [2.45, 2.75) is 25.9 Å². The molecule has 4 nitrogen and oxygen atoms in total. The smallest absolute Gasteiger partial charge is 0.0837 e. The van der Waals surface area contributed by atoms with E-state index < -0.39 is 0 Å². The molecule has 0 radical (unpaired) electrons. The van der Waals surface area contributed by atoms with E-state index in [1.807, 2.05) is 25.8 Å². The van der Waals surface area contributed by atoms with Crippen molar-refractivity contribution in [2.75, 3.05) is 26.0 Å². The van der Waals surface area contributed by atoms with Gasteiger partial charge in [-0.3, -0.25) is 4.68 Å². The van der Waals surface area contributed by atoms with Crippen LogP contribution in [0.5, 0.6) is 0 Å². The first-order valence-corrected chi connectivity index (χ1v) is 7.51. The Morgan fingerprint density at radius 2 is 1.81 bits per heavy atom. The molecule has 21 heavy (non-hydrogen) atoms. The Kier molecular flexibility index (Phi) is 4.91. The number of hydrogen-bond donors (Lipinski definition) is 1. The number of benzene rings is 1. The molecule has 1 unspecified atom stereocenters. The summed E-state index contributed by atoms with van der Waals surface area (Å²) in [6, 6.07) is 8.78. The van der Waals surface area contributed by atoms with Crippen LogP contribution in [0.4, 0.5) is 5.69 Å². The van der Waals surface area contributed by atoms with Crippen LogP contribution >= 0.6 is 11.6 Å². The minimum absolute atomic E-state index is 0.0265. The first-order valence-electron chi connectivity index (χ1n) is 7.13. The van der Waals surface area contributed by atoms with Gasteiger partial charge in [-0.25, -0.2) is 0 Å². The zero-order chi connectivity index (χ0) is 15.6. The number of hydrogen-bond acceptors (Lipinski definition) is 3. The summed E-state index contributed by atoms with van der Waals surface area (Å²) in [5.74, 6) is 0. The van der Waals surface area contributed by atoms with Crippen molar-refractivity contribution in [3.63, 3.8) is 0 Å². The summed E-state index contributed by atoms with van der Waals surface area (Å²) in [5, 5.41) is 8.43. The van der Waals surface area contributed by atoms with Crippen LogP contribution in [0.25, 0.3) is 0 Å². The minimum atomic E-state index is 0.0265. The molecule has 0 aliphatic rings. The highest BCUT2D eigenvalue weighted by Crippen LogP contribution is 2.30. The van der Waals surface area contributed by atoms with Crippen molar-refractivity contribution in [1.82, 2.24) is 15.1 Å². The fraction of sp³-hybridized carbons (Fsp3) is 0.438. The van der Waals surface area contributed by atoms with Crippen LogP contribution in [0, 0.1) is 0 Å². The fourth-order valence-electron chi connectivity index (χ4n) is 2.46. The number of nitrogens with zero attached hydrogens (tertiary/aromatic N) is 3. The van der Waals surface area contributed by atoms with Crippen LogP contribution < -0.4 is 10.2 Å². The van der Waals surface area contributed by atoms with Crippen molar-refractivity contribution in [2.24, 2.45) is 0 Å².